The average Bonchev–Trinajstić information content (AvgIpc) is 2.27. The molecule has 3 heteroatoms. The minimum atomic E-state index is -0.533. The quantitative estimate of drug-likeness (QED) is 0.727. The molecule has 0 amide bonds. The molecule has 0 heterocycles. The van der Waals surface area contributed by atoms with Crippen LogP contribution < -0.4 is 5.73 Å². The summed E-state index contributed by atoms with van der Waals surface area (Å²) in [5.74, 6) is 0.423. The van der Waals surface area contributed by atoms with Crippen LogP contribution in [0.25, 0.3) is 0 Å². The highest BCUT2D eigenvalue weighted by molar-refractivity contribution is 5.76. The van der Waals surface area contributed by atoms with E-state index in [-0.39, 0.29) is 5.97 Å². The van der Waals surface area contributed by atoms with E-state index in [0.717, 1.165) is 0 Å². The Morgan fingerprint density at radius 1 is 1.33 bits per heavy atom. The summed E-state index contributed by atoms with van der Waals surface area (Å²) in [6, 6.07) is 0. The Kier molecular flexibility index (Phi) is 4.58. The first-order chi connectivity index (χ1) is 7.06. The maximum Gasteiger partial charge on any atom is 0.312 e. The lowest BCUT2D eigenvalue weighted by Crippen LogP contribution is -2.35. The standard InChI is InChI=1S/C12H23NO2/c1-12(2,9-13)11(14)15-8-10-6-4-3-5-7-10/h10H,3-9,13H2,1-2H3. The minimum absolute atomic E-state index is 0.157. The molecule has 0 atom stereocenters. The van der Waals surface area contributed by atoms with Gasteiger partial charge in [-0.2, -0.15) is 0 Å². The van der Waals surface area contributed by atoms with Gasteiger partial charge in [-0.05, 0) is 32.6 Å². The molecule has 0 aromatic carbocycles. The second-order valence-electron chi connectivity index (χ2n) is 5.19. The summed E-state index contributed by atoms with van der Waals surface area (Å²) in [7, 11) is 0. The normalized spacial score (nSPS) is 18.9. The molecule has 1 saturated carbocycles. The van der Waals surface area contributed by atoms with Gasteiger partial charge in [0.25, 0.3) is 0 Å². The fourth-order valence-electron chi connectivity index (χ4n) is 1.83. The number of rotatable bonds is 4. The van der Waals surface area contributed by atoms with E-state index in [1.54, 1.807) is 0 Å². The van der Waals surface area contributed by atoms with Crippen molar-refractivity contribution in [2.24, 2.45) is 17.1 Å². The second-order valence-corrected chi connectivity index (χ2v) is 5.19. The van der Waals surface area contributed by atoms with Crippen molar-refractivity contribution >= 4 is 5.97 Å². The lowest BCUT2D eigenvalue weighted by Gasteiger charge is -2.25. The summed E-state index contributed by atoms with van der Waals surface area (Å²) >= 11 is 0. The van der Waals surface area contributed by atoms with Crippen LogP contribution in [0.2, 0.25) is 0 Å². The molecular formula is C12H23NO2. The monoisotopic (exact) mass is 213 g/mol. The molecule has 0 bridgehead atoms. The number of ether oxygens (including phenoxy) is 1. The van der Waals surface area contributed by atoms with Crippen LogP contribution in [-0.4, -0.2) is 19.1 Å². The molecular weight excluding hydrogens is 190 g/mol. The third-order valence-electron chi connectivity index (χ3n) is 3.24. The summed E-state index contributed by atoms with van der Waals surface area (Å²) < 4.78 is 5.32. The second kappa shape index (κ2) is 5.50. The summed E-state index contributed by atoms with van der Waals surface area (Å²) in [4.78, 5) is 11.6. The topological polar surface area (TPSA) is 52.3 Å². The van der Waals surface area contributed by atoms with Gasteiger partial charge in [-0.3, -0.25) is 4.79 Å². The van der Waals surface area contributed by atoms with Crippen LogP contribution >= 0.6 is 0 Å². The molecule has 3 nitrogen and oxygen atoms in total. The Morgan fingerprint density at radius 3 is 2.47 bits per heavy atom. The molecule has 0 aromatic rings. The number of hydrogen-bond acceptors (Lipinski definition) is 3. The largest absolute Gasteiger partial charge is 0.465 e. The van der Waals surface area contributed by atoms with Crippen molar-refractivity contribution in [1.82, 2.24) is 0 Å². The smallest absolute Gasteiger partial charge is 0.312 e. The zero-order valence-corrected chi connectivity index (χ0v) is 9.92. The van der Waals surface area contributed by atoms with Crippen LogP contribution in [-0.2, 0) is 9.53 Å². The van der Waals surface area contributed by atoms with E-state index in [1.807, 2.05) is 13.8 Å². The van der Waals surface area contributed by atoms with E-state index >= 15 is 0 Å². The number of hydrogen-bond donors (Lipinski definition) is 1. The Hall–Kier alpha value is -0.570. The zero-order valence-electron chi connectivity index (χ0n) is 9.92. The fourth-order valence-corrected chi connectivity index (χ4v) is 1.83. The first-order valence-electron chi connectivity index (χ1n) is 5.93. The number of carbonyl (C=O) groups is 1. The summed E-state index contributed by atoms with van der Waals surface area (Å²) in [6.07, 6.45) is 6.30. The van der Waals surface area contributed by atoms with Crippen molar-refractivity contribution in [3.8, 4) is 0 Å². The summed E-state index contributed by atoms with van der Waals surface area (Å²) in [5, 5.41) is 0. The van der Waals surface area contributed by atoms with Gasteiger partial charge >= 0.3 is 5.97 Å². The Bertz CT molecular complexity index is 208. The third-order valence-corrected chi connectivity index (χ3v) is 3.24. The number of nitrogens with two attached hydrogens (primary N) is 1. The SMILES string of the molecule is CC(C)(CN)C(=O)OCC1CCCCC1. The number of carbonyl (C=O) groups excluding carboxylic acids is 1. The maximum absolute atomic E-state index is 11.6. The van der Waals surface area contributed by atoms with Crippen LogP contribution in [0, 0.1) is 11.3 Å². The van der Waals surface area contributed by atoms with E-state index in [1.165, 1.54) is 32.1 Å². The van der Waals surface area contributed by atoms with E-state index in [9.17, 15) is 4.79 Å². The molecule has 88 valence electrons. The molecule has 0 radical (unpaired) electrons. The highest BCUT2D eigenvalue weighted by Crippen LogP contribution is 2.24. The van der Waals surface area contributed by atoms with E-state index in [0.29, 0.717) is 19.1 Å². The predicted molar refractivity (Wildman–Crippen MR) is 60.4 cm³/mol. The highest BCUT2D eigenvalue weighted by atomic mass is 16.5. The molecule has 1 fully saturated rings. The van der Waals surface area contributed by atoms with Gasteiger partial charge in [-0.25, -0.2) is 0 Å². The first kappa shape index (κ1) is 12.5. The highest BCUT2D eigenvalue weighted by Gasteiger charge is 2.28. The van der Waals surface area contributed by atoms with Crippen LogP contribution in [0.1, 0.15) is 46.0 Å². The Balaban J connectivity index is 2.26. The molecule has 1 rings (SSSR count). The van der Waals surface area contributed by atoms with Crippen molar-refractivity contribution in [2.75, 3.05) is 13.2 Å². The lowest BCUT2D eigenvalue weighted by molar-refractivity contribution is -0.155. The molecule has 0 unspecified atom stereocenters. The van der Waals surface area contributed by atoms with Crippen molar-refractivity contribution in [3.63, 3.8) is 0 Å². The van der Waals surface area contributed by atoms with Gasteiger partial charge < -0.3 is 10.5 Å². The van der Waals surface area contributed by atoms with Gasteiger partial charge in [0.2, 0.25) is 0 Å². The van der Waals surface area contributed by atoms with Gasteiger partial charge in [0.05, 0.1) is 12.0 Å². The van der Waals surface area contributed by atoms with Gasteiger partial charge in [0, 0.05) is 6.54 Å². The van der Waals surface area contributed by atoms with Crippen LogP contribution in [0.15, 0.2) is 0 Å². The van der Waals surface area contributed by atoms with Gasteiger partial charge in [0.15, 0.2) is 0 Å². The molecule has 0 spiro atoms. The molecule has 1 aliphatic rings. The van der Waals surface area contributed by atoms with Crippen molar-refractivity contribution < 1.29 is 9.53 Å². The van der Waals surface area contributed by atoms with Gasteiger partial charge in [-0.1, -0.05) is 19.3 Å². The minimum Gasteiger partial charge on any atom is -0.465 e. The van der Waals surface area contributed by atoms with Crippen LogP contribution in [0.4, 0.5) is 0 Å². The Labute approximate surface area is 92.4 Å². The summed E-state index contributed by atoms with van der Waals surface area (Å²) in [5.41, 5.74) is 4.98. The van der Waals surface area contributed by atoms with E-state index in [2.05, 4.69) is 0 Å². The van der Waals surface area contributed by atoms with E-state index in [4.69, 9.17) is 10.5 Å². The van der Waals surface area contributed by atoms with Crippen molar-refractivity contribution in [3.05, 3.63) is 0 Å². The van der Waals surface area contributed by atoms with Gasteiger partial charge in [0.1, 0.15) is 0 Å². The first-order valence-corrected chi connectivity index (χ1v) is 5.93. The Morgan fingerprint density at radius 2 is 1.93 bits per heavy atom. The average molecular weight is 213 g/mol. The maximum atomic E-state index is 11.6. The summed E-state index contributed by atoms with van der Waals surface area (Å²) in [6.45, 7) is 4.59. The fraction of sp³-hybridized carbons (Fsp3) is 0.917. The number of esters is 1. The van der Waals surface area contributed by atoms with Crippen molar-refractivity contribution in [1.29, 1.82) is 0 Å². The van der Waals surface area contributed by atoms with Crippen LogP contribution in [0.5, 0.6) is 0 Å². The molecule has 15 heavy (non-hydrogen) atoms. The molecule has 0 aromatic heterocycles. The molecule has 2 N–H and O–H groups in total. The van der Waals surface area contributed by atoms with Gasteiger partial charge in [-0.15, -0.1) is 0 Å². The zero-order chi connectivity index (χ0) is 11.3. The lowest BCUT2D eigenvalue weighted by atomic mass is 9.89. The predicted octanol–water partition coefficient (Wildman–Crippen LogP) is 2.09. The van der Waals surface area contributed by atoms with E-state index < -0.39 is 5.41 Å². The molecule has 1 aliphatic carbocycles. The third kappa shape index (κ3) is 3.82. The molecule has 0 aliphatic heterocycles. The van der Waals surface area contributed by atoms with Crippen LogP contribution in [0.3, 0.4) is 0 Å². The molecule has 0 saturated heterocycles. The van der Waals surface area contributed by atoms with Crippen molar-refractivity contribution in [2.45, 2.75) is 46.0 Å².